The zero-order valence-corrected chi connectivity index (χ0v) is 18.0. The second kappa shape index (κ2) is 12.6. The molecule has 0 N–H and O–H groups in total. The van der Waals surface area contributed by atoms with E-state index in [0.717, 1.165) is 64.2 Å². The van der Waals surface area contributed by atoms with Crippen molar-refractivity contribution >= 4 is 17.7 Å². The number of hydrogen-bond donors (Lipinski definition) is 0. The fraction of sp³-hybridized carbons (Fsp3) is 0.708. The van der Waals surface area contributed by atoms with Gasteiger partial charge < -0.3 is 9.47 Å². The average molecular weight is 405 g/mol. The number of rotatable bonds is 9. The first-order chi connectivity index (χ1) is 14.0. The second-order valence-corrected chi connectivity index (χ2v) is 8.21. The fourth-order valence-corrected chi connectivity index (χ4v) is 4.23. The molecule has 2 aliphatic carbocycles. The Kier molecular flexibility index (Phi) is 10.2. The highest BCUT2D eigenvalue weighted by Gasteiger charge is 2.30. The van der Waals surface area contributed by atoms with Crippen LogP contribution in [0.5, 0.6) is 0 Å². The number of ketones is 1. The summed E-state index contributed by atoms with van der Waals surface area (Å²) < 4.78 is 11.3. The Bertz CT molecular complexity index is 607. The number of esters is 2. The molecule has 1 atom stereocenters. The Balaban J connectivity index is 2.19. The third kappa shape index (κ3) is 7.79. The van der Waals surface area contributed by atoms with Crippen molar-refractivity contribution < 1.29 is 23.9 Å². The summed E-state index contributed by atoms with van der Waals surface area (Å²) in [6.07, 6.45) is 15.2. The van der Waals surface area contributed by atoms with Gasteiger partial charge in [-0.05, 0) is 70.8 Å². The van der Waals surface area contributed by atoms with Crippen molar-refractivity contribution in [1.29, 1.82) is 0 Å². The van der Waals surface area contributed by atoms with Crippen LogP contribution in [0.1, 0.15) is 90.9 Å². The van der Waals surface area contributed by atoms with Crippen molar-refractivity contribution in [3.05, 3.63) is 23.8 Å². The predicted octanol–water partition coefficient (Wildman–Crippen LogP) is 5.23. The summed E-state index contributed by atoms with van der Waals surface area (Å²) in [5, 5.41) is 0. The minimum absolute atomic E-state index is 0.0982. The number of carbonyl (C=O) groups is 3. The maximum Gasteiger partial charge on any atom is 0.335 e. The molecule has 0 aromatic heterocycles. The van der Waals surface area contributed by atoms with Gasteiger partial charge in [0.1, 0.15) is 12.2 Å². The van der Waals surface area contributed by atoms with Gasteiger partial charge in [0, 0.05) is 6.08 Å². The third-order valence-corrected chi connectivity index (χ3v) is 5.80. The normalized spacial score (nSPS) is 20.4. The van der Waals surface area contributed by atoms with E-state index in [4.69, 9.17) is 9.47 Å². The van der Waals surface area contributed by atoms with Gasteiger partial charge in [0.2, 0.25) is 0 Å². The molecule has 5 nitrogen and oxygen atoms in total. The monoisotopic (exact) mass is 404 g/mol. The van der Waals surface area contributed by atoms with Crippen LogP contribution in [-0.2, 0) is 23.9 Å². The molecule has 162 valence electrons. The molecule has 29 heavy (non-hydrogen) atoms. The van der Waals surface area contributed by atoms with Gasteiger partial charge in [0.25, 0.3) is 0 Å². The molecule has 0 amide bonds. The van der Waals surface area contributed by atoms with E-state index in [1.165, 1.54) is 18.6 Å². The van der Waals surface area contributed by atoms with Gasteiger partial charge in [0.05, 0.1) is 11.5 Å². The van der Waals surface area contributed by atoms with Crippen LogP contribution in [0.15, 0.2) is 23.8 Å². The molecule has 0 aromatic rings. The lowest BCUT2D eigenvalue weighted by Crippen LogP contribution is -2.28. The first-order valence-corrected chi connectivity index (χ1v) is 11.3. The smallest absolute Gasteiger partial charge is 0.335 e. The van der Waals surface area contributed by atoms with Gasteiger partial charge in [-0.25, -0.2) is 9.59 Å². The quantitative estimate of drug-likeness (QED) is 0.389. The first kappa shape index (κ1) is 23.4. The maximum atomic E-state index is 13.0. The zero-order valence-electron chi connectivity index (χ0n) is 18.0. The Morgan fingerprint density at radius 2 is 1.45 bits per heavy atom. The summed E-state index contributed by atoms with van der Waals surface area (Å²) in [4.78, 5) is 38.2. The number of allylic oxidation sites excluding steroid dienone is 2. The van der Waals surface area contributed by atoms with Gasteiger partial charge in [-0.2, -0.15) is 0 Å². The molecule has 5 heteroatoms. The molecule has 2 fully saturated rings. The van der Waals surface area contributed by atoms with Crippen LogP contribution >= 0.6 is 0 Å². The third-order valence-electron chi connectivity index (χ3n) is 5.80. The SMILES string of the molecule is CC=CC(=O)C(CCC)/C(=C/C(=O)OC1CCCCC1)C(=O)OC1CCCCC1. The van der Waals surface area contributed by atoms with E-state index in [2.05, 4.69) is 0 Å². The van der Waals surface area contributed by atoms with Gasteiger partial charge in [-0.15, -0.1) is 0 Å². The van der Waals surface area contributed by atoms with Crippen LogP contribution in [0.25, 0.3) is 0 Å². The lowest BCUT2D eigenvalue weighted by molar-refractivity contribution is -0.149. The van der Waals surface area contributed by atoms with E-state index in [1.54, 1.807) is 13.0 Å². The highest BCUT2D eigenvalue weighted by atomic mass is 16.5. The zero-order chi connectivity index (χ0) is 21.1. The minimum atomic E-state index is -0.675. The van der Waals surface area contributed by atoms with Crippen molar-refractivity contribution in [1.82, 2.24) is 0 Å². The van der Waals surface area contributed by atoms with Gasteiger partial charge in [0.15, 0.2) is 5.78 Å². The Hall–Kier alpha value is -1.91. The topological polar surface area (TPSA) is 69.7 Å². The van der Waals surface area contributed by atoms with E-state index in [0.29, 0.717) is 6.42 Å². The van der Waals surface area contributed by atoms with Crippen molar-refractivity contribution in [2.45, 2.75) is 103 Å². The fourth-order valence-electron chi connectivity index (χ4n) is 4.23. The summed E-state index contributed by atoms with van der Waals surface area (Å²) in [5.74, 6) is -1.94. The highest BCUT2D eigenvalue weighted by Crippen LogP contribution is 2.26. The first-order valence-electron chi connectivity index (χ1n) is 11.3. The largest absolute Gasteiger partial charge is 0.459 e. The standard InChI is InChI=1S/C24H36O5/c1-3-11-20(22(25)12-4-2)21(24(27)29-19-15-9-6-10-16-19)17-23(26)28-18-13-7-5-8-14-18/h4,12,17-20H,3,5-11,13-16H2,1-2H3/b12-4?,21-17-. The minimum Gasteiger partial charge on any atom is -0.459 e. The molecule has 0 saturated heterocycles. The van der Waals surface area contributed by atoms with Crippen LogP contribution in [0.4, 0.5) is 0 Å². The van der Waals surface area contributed by atoms with E-state index in [-0.39, 0.29) is 23.6 Å². The van der Waals surface area contributed by atoms with Crippen molar-refractivity contribution in [3.8, 4) is 0 Å². The molecule has 0 bridgehead atoms. The Labute approximate surface area is 174 Å². The van der Waals surface area contributed by atoms with Crippen LogP contribution in [0.2, 0.25) is 0 Å². The number of hydrogen-bond acceptors (Lipinski definition) is 5. The van der Waals surface area contributed by atoms with Gasteiger partial charge in [-0.1, -0.05) is 32.3 Å². The maximum absolute atomic E-state index is 13.0. The van der Waals surface area contributed by atoms with E-state index in [1.807, 2.05) is 6.92 Å². The van der Waals surface area contributed by atoms with E-state index >= 15 is 0 Å². The molecule has 0 spiro atoms. The Morgan fingerprint density at radius 1 is 0.897 bits per heavy atom. The highest BCUT2D eigenvalue weighted by molar-refractivity contribution is 6.05. The van der Waals surface area contributed by atoms with Crippen LogP contribution < -0.4 is 0 Å². The number of carbonyl (C=O) groups excluding carboxylic acids is 3. The van der Waals surface area contributed by atoms with Gasteiger partial charge >= 0.3 is 11.9 Å². The summed E-state index contributed by atoms with van der Waals surface area (Å²) >= 11 is 0. The number of ether oxygens (including phenoxy) is 2. The molecular weight excluding hydrogens is 368 g/mol. The van der Waals surface area contributed by atoms with Crippen LogP contribution in [-0.4, -0.2) is 29.9 Å². The lowest BCUT2D eigenvalue weighted by atomic mass is 9.89. The summed E-state index contributed by atoms with van der Waals surface area (Å²) in [6.45, 7) is 3.72. The molecule has 0 radical (unpaired) electrons. The predicted molar refractivity (Wildman–Crippen MR) is 112 cm³/mol. The van der Waals surface area contributed by atoms with Crippen molar-refractivity contribution in [3.63, 3.8) is 0 Å². The molecule has 0 heterocycles. The molecule has 2 saturated carbocycles. The van der Waals surface area contributed by atoms with Crippen molar-refractivity contribution in [2.75, 3.05) is 0 Å². The molecule has 2 rings (SSSR count). The van der Waals surface area contributed by atoms with Gasteiger partial charge in [-0.3, -0.25) is 4.79 Å². The van der Waals surface area contributed by atoms with Crippen molar-refractivity contribution in [2.24, 2.45) is 5.92 Å². The molecular formula is C24H36O5. The summed E-state index contributed by atoms with van der Waals surface area (Å²) in [5.41, 5.74) is 0.140. The van der Waals surface area contributed by atoms with E-state index in [9.17, 15) is 14.4 Å². The van der Waals surface area contributed by atoms with Crippen LogP contribution in [0, 0.1) is 5.92 Å². The van der Waals surface area contributed by atoms with E-state index < -0.39 is 17.9 Å². The average Bonchev–Trinajstić information content (AvgIpc) is 2.72. The molecule has 0 aliphatic heterocycles. The summed E-state index contributed by atoms with van der Waals surface area (Å²) in [7, 11) is 0. The molecule has 2 aliphatic rings. The summed E-state index contributed by atoms with van der Waals surface area (Å²) in [6, 6.07) is 0. The lowest BCUT2D eigenvalue weighted by Gasteiger charge is -2.25. The Morgan fingerprint density at radius 3 is 1.97 bits per heavy atom. The molecule has 0 aromatic carbocycles. The molecule has 1 unspecified atom stereocenters. The second-order valence-electron chi connectivity index (χ2n) is 8.21. The van der Waals surface area contributed by atoms with Crippen LogP contribution in [0.3, 0.4) is 0 Å².